The van der Waals surface area contributed by atoms with E-state index in [9.17, 15) is 14.9 Å². The first-order valence-corrected chi connectivity index (χ1v) is 9.13. The minimum atomic E-state index is -0.421. The van der Waals surface area contributed by atoms with Crippen LogP contribution in [0.3, 0.4) is 0 Å². The van der Waals surface area contributed by atoms with Crippen molar-refractivity contribution in [2.24, 2.45) is 5.92 Å². The van der Waals surface area contributed by atoms with Crippen molar-refractivity contribution in [3.05, 3.63) is 71.1 Å². The second kappa shape index (κ2) is 10.4. The Labute approximate surface area is 177 Å². The first-order valence-electron chi connectivity index (χ1n) is 9.13. The summed E-state index contributed by atoms with van der Waals surface area (Å²) in [4.78, 5) is 27.9. The Morgan fingerprint density at radius 2 is 1.97 bits per heavy atom. The van der Waals surface area contributed by atoms with Gasteiger partial charge in [-0.05, 0) is 42.5 Å². The molecular formula is C22H23N3O3S. The average Bonchev–Trinajstić information content (AvgIpc) is 3.54. The Bertz CT molecular complexity index is 934. The molecule has 1 fully saturated rings. The zero-order valence-electron chi connectivity index (χ0n) is 16.1. The number of pyridine rings is 1. The molecule has 29 heavy (non-hydrogen) atoms. The van der Waals surface area contributed by atoms with Crippen LogP contribution in [0, 0.1) is 17.2 Å². The van der Waals surface area contributed by atoms with Crippen LogP contribution in [0.25, 0.3) is 6.08 Å². The van der Waals surface area contributed by atoms with Gasteiger partial charge in [-0.2, -0.15) is 18.8 Å². The van der Waals surface area contributed by atoms with Gasteiger partial charge in [0.05, 0.1) is 17.4 Å². The number of rotatable bonds is 7. The first kappa shape index (κ1) is 22.2. The number of amides is 1. The Morgan fingerprint density at radius 1 is 1.24 bits per heavy atom. The molecule has 0 spiro atoms. The summed E-state index contributed by atoms with van der Waals surface area (Å²) < 4.78 is 4.93. The largest absolute Gasteiger partial charge is 0.459 e. The molecule has 6 nitrogen and oxygen atoms in total. The standard InChI is InChI=1S/C22H21N3O3.H2S/c1-15(26)28-14-20-9-5-8-19(24-20)12-18(13-23)22(27)25-21(17-10-11-17)16-6-3-2-4-7-16;/h2-9,12,17,21H,10-11,14H2,1H3,(H,25,27);1H2/b18-12+;/t21-;/m1./s1. The lowest BCUT2D eigenvalue weighted by atomic mass is 10.0. The van der Waals surface area contributed by atoms with Crippen LogP contribution in [0.1, 0.15) is 42.8 Å². The predicted octanol–water partition coefficient (Wildman–Crippen LogP) is 3.43. The highest BCUT2D eigenvalue weighted by Crippen LogP contribution is 2.41. The SMILES string of the molecule is CC(=O)OCc1cccc(/C=C(\C#N)C(=O)N[C@H](c2ccccc2)C2CC2)n1.S. The van der Waals surface area contributed by atoms with Crippen molar-refractivity contribution in [2.75, 3.05) is 0 Å². The van der Waals surface area contributed by atoms with E-state index in [2.05, 4.69) is 10.3 Å². The maximum absolute atomic E-state index is 12.7. The van der Waals surface area contributed by atoms with Crippen molar-refractivity contribution in [3.8, 4) is 6.07 Å². The number of hydrogen-bond acceptors (Lipinski definition) is 5. The molecular weight excluding hydrogens is 386 g/mol. The molecule has 1 aliphatic rings. The summed E-state index contributed by atoms with van der Waals surface area (Å²) in [5.41, 5.74) is 2.02. The lowest BCUT2D eigenvalue weighted by molar-refractivity contribution is -0.142. The van der Waals surface area contributed by atoms with Gasteiger partial charge in [0, 0.05) is 6.92 Å². The molecule has 2 aromatic rings. The summed E-state index contributed by atoms with van der Waals surface area (Å²) >= 11 is 0. The highest BCUT2D eigenvalue weighted by Gasteiger charge is 2.33. The van der Waals surface area contributed by atoms with E-state index in [1.807, 2.05) is 36.4 Å². The predicted molar refractivity (Wildman–Crippen MR) is 114 cm³/mol. The zero-order valence-corrected chi connectivity index (χ0v) is 17.1. The topological polar surface area (TPSA) is 92.1 Å². The smallest absolute Gasteiger partial charge is 0.303 e. The minimum absolute atomic E-state index is 0. The van der Waals surface area contributed by atoms with Crippen molar-refractivity contribution >= 4 is 31.4 Å². The molecule has 3 rings (SSSR count). The van der Waals surface area contributed by atoms with E-state index in [4.69, 9.17) is 4.74 Å². The van der Waals surface area contributed by atoms with E-state index >= 15 is 0 Å². The molecule has 1 aliphatic carbocycles. The fourth-order valence-electron chi connectivity index (χ4n) is 2.91. The third-order valence-corrected chi connectivity index (χ3v) is 4.45. The van der Waals surface area contributed by atoms with Gasteiger partial charge in [0.1, 0.15) is 18.2 Å². The number of ether oxygens (including phenoxy) is 1. The van der Waals surface area contributed by atoms with Gasteiger partial charge in [-0.1, -0.05) is 36.4 Å². The summed E-state index contributed by atoms with van der Waals surface area (Å²) in [6.07, 6.45) is 3.57. The number of nitrogens with one attached hydrogen (secondary N) is 1. The van der Waals surface area contributed by atoms with Crippen LogP contribution in [-0.4, -0.2) is 16.9 Å². The molecule has 0 unspecified atom stereocenters. The summed E-state index contributed by atoms with van der Waals surface area (Å²) in [5.74, 6) is -0.418. The lowest BCUT2D eigenvalue weighted by Gasteiger charge is -2.18. The van der Waals surface area contributed by atoms with Crippen LogP contribution in [0.4, 0.5) is 0 Å². The number of hydrogen-bond donors (Lipinski definition) is 1. The molecule has 150 valence electrons. The molecule has 1 heterocycles. The number of benzene rings is 1. The number of carbonyl (C=O) groups excluding carboxylic acids is 2. The van der Waals surface area contributed by atoms with Gasteiger partial charge in [-0.25, -0.2) is 4.98 Å². The quantitative estimate of drug-likeness (QED) is 0.430. The van der Waals surface area contributed by atoms with E-state index in [1.54, 1.807) is 18.2 Å². The summed E-state index contributed by atoms with van der Waals surface area (Å²) in [6, 6.07) is 16.8. The molecule has 1 aromatic carbocycles. The second-order valence-corrected chi connectivity index (χ2v) is 6.70. The van der Waals surface area contributed by atoms with Crippen molar-refractivity contribution in [2.45, 2.75) is 32.4 Å². The van der Waals surface area contributed by atoms with E-state index in [1.165, 1.54) is 13.0 Å². The molecule has 0 bridgehead atoms. The number of carbonyl (C=O) groups is 2. The molecule has 1 N–H and O–H groups in total. The number of nitriles is 1. The lowest BCUT2D eigenvalue weighted by Crippen LogP contribution is -2.30. The average molecular weight is 410 g/mol. The van der Waals surface area contributed by atoms with Crippen LogP contribution in [0.5, 0.6) is 0 Å². The molecule has 7 heteroatoms. The van der Waals surface area contributed by atoms with Crippen LogP contribution in [0.2, 0.25) is 0 Å². The van der Waals surface area contributed by atoms with Crippen molar-refractivity contribution in [1.82, 2.24) is 10.3 Å². The van der Waals surface area contributed by atoms with Crippen LogP contribution in [0.15, 0.2) is 54.1 Å². The van der Waals surface area contributed by atoms with E-state index in [0.717, 1.165) is 18.4 Å². The third kappa shape index (κ3) is 6.47. The Morgan fingerprint density at radius 3 is 2.59 bits per heavy atom. The fourth-order valence-corrected chi connectivity index (χ4v) is 2.91. The normalized spacial score (nSPS) is 14.1. The summed E-state index contributed by atoms with van der Waals surface area (Å²) in [5, 5.41) is 12.5. The molecule has 1 aromatic heterocycles. The Balaban J connectivity index is 0.00000300. The molecule has 0 aliphatic heterocycles. The van der Waals surface area contributed by atoms with Crippen molar-refractivity contribution < 1.29 is 14.3 Å². The van der Waals surface area contributed by atoms with Crippen LogP contribution < -0.4 is 5.32 Å². The molecule has 0 saturated heterocycles. The van der Waals surface area contributed by atoms with Crippen molar-refractivity contribution in [1.29, 1.82) is 5.26 Å². The van der Waals surface area contributed by atoms with E-state index in [-0.39, 0.29) is 31.7 Å². The van der Waals surface area contributed by atoms with Gasteiger partial charge in [0.2, 0.25) is 0 Å². The van der Waals surface area contributed by atoms with E-state index in [0.29, 0.717) is 17.3 Å². The highest BCUT2D eigenvalue weighted by atomic mass is 32.1. The molecule has 1 atom stereocenters. The molecule has 1 amide bonds. The van der Waals surface area contributed by atoms with Crippen molar-refractivity contribution in [3.63, 3.8) is 0 Å². The van der Waals surface area contributed by atoms with Crippen LogP contribution >= 0.6 is 13.5 Å². The van der Waals surface area contributed by atoms with Gasteiger partial charge in [0.25, 0.3) is 5.91 Å². The number of esters is 1. The maximum atomic E-state index is 12.7. The highest BCUT2D eigenvalue weighted by molar-refractivity contribution is 7.59. The zero-order chi connectivity index (χ0) is 19.9. The molecule has 1 saturated carbocycles. The van der Waals surface area contributed by atoms with E-state index < -0.39 is 11.9 Å². The number of nitrogens with zero attached hydrogens (tertiary/aromatic N) is 2. The number of aromatic nitrogens is 1. The van der Waals surface area contributed by atoms with Gasteiger partial charge >= 0.3 is 5.97 Å². The van der Waals surface area contributed by atoms with Gasteiger partial charge in [-0.3, -0.25) is 9.59 Å². The Hall–Kier alpha value is -3.11. The minimum Gasteiger partial charge on any atom is -0.459 e. The summed E-state index contributed by atoms with van der Waals surface area (Å²) in [7, 11) is 0. The third-order valence-electron chi connectivity index (χ3n) is 4.45. The fraction of sp³-hybridized carbons (Fsp3) is 0.273. The Kier molecular flexibility index (Phi) is 7.98. The van der Waals surface area contributed by atoms with Gasteiger partial charge in [-0.15, -0.1) is 0 Å². The summed E-state index contributed by atoms with van der Waals surface area (Å²) in [6.45, 7) is 1.37. The monoisotopic (exact) mass is 409 g/mol. The van der Waals surface area contributed by atoms with Crippen LogP contribution in [-0.2, 0) is 20.9 Å². The molecule has 0 radical (unpaired) electrons. The second-order valence-electron chi connectivity index (χ2n) is 6.70. The maximum Gasteiger partial charge on any atom is 0.303 e. The van der Waals surface area contributed by atoms with Gasteiger partial charge < -0.3 is 10.1 Å². The first-order chi connectivity index (χ1) is 13.6. The van der Waals surface area contributed by atoms with Gasteiger partial charge in [0.15, 0.2) is 0 Å².